The molecule has 1 aromatic heterocycles. The lowest BCUT2D eigenvalue weighted by Gasteiger charge is -2.29. The second-order valence-electron chi connectivity index (χ2n) is 6.70. The highest BCUT2D eigenvalue weighted by Crippen LogP contribution is 2.24. The molecule has 1 aliphatic heterocycles. The van der Waals surface area contributed by atoms with E-state index in [1.165, 1.54) is 22.7 Å². The van der Waals surface area contributed by atoms with Crippen LogP contribution in [0.1, 0.15) is 25.5 Å². The Morgan fingerprint density at radius 3 is 2.56 bits per heavy atom. The SMILES string of the molecule is CC1CCN(S(=O)(=O)c2ccc(OCC(=O)NCc3ccco3)cc2)CC1. The number of sulfonamides is 1. The van der Waals surface area contributed by atoms with Gasteiger partial charge in [-0.15, -0.1) is 0 Å². The highest BCUT2D eigenvalue weighted by Gasteiger charge is 2.27. The zero-order valence-electron chi connectivity index (χ0n) is 15.3. The van der Waals surface area contributed by atoms with E-state index in [0.717, 1.165) is 12.8 Å². The Morgan fingerprint density at radius 2 is 1.93 bits per heavy atom. The zero-order valence-corrected chi connectivity index (χ0v) is 16.1. The highest BCUT2D eigenvalue weighted by atomic mass is 32.2. The van der Waals surface area contributed by atoms with Gasteiger partial charge in [0.15, 0.2) is 6.61 Å². The van der Waals surface area contributed by atoms with Gasteiger partial charge in [0.2, 0.25) is 10.0 Å². The molecule has 27 heavy (non-hydrogen) atoms. The molecule has 0 unspecified atom stereocenters. The minimum absolute atomic E-state index is 0.156. The maximum atomic E-state index is 12.7. The van der Waals surface area contributed by atoms with Crippen molar-refractivity contribution in [1.82, 2.24) is 9.62 Å². The average molecular weight is 392 g/mol. The van der Waals surface area contributed by atoms with Crippen molar-refractivity contribution in [3.63, 3.8) is 0 Å². The van der Waals surface area contributed by atoms with Crippen LogP contribution in [0, 0.1) is 5.92 Å². The Kier molecular flexibility index (Phi) is 6.18. The Hall–Kier alpha value is -2.32. The molecule has 0 radical (unpaired) electrons. The fourth-order valence-electron chi connectivity index (χ4n) is 2.88. The Balaban J connectivity index is 1.51. The molecule has 3 rings (SSSR count). The third kappa shape index (κ3) is 5.11. The van der Waals surface area contributed by atoms with E-state index in [0.29, 0.717) is 37.1 Å². The summed E-state index contributed by atoms with van der Waals surface area (Å²) in [6.45, 7) is 3.38. The predicted molar refractivity (Wildman–Crippen MR) is 99.6 cm³/mol. The van der Waals surface area contributed by atoms with Crippen molar-refractivity contribution in [3.8, 4) is 5.75 Å². The largest absolute Gasteiger partial charge is 0.484 e. The van der Waals surface area contributed by atoms with Crippen LogP contribution < -0.4 is 10.1 Å². The maximum absolute atomic E-state index is 12.7. The number of piperidine rings is 1. The molecule has 0 atom stereocenters. The molecule has 1 saturated heterocycles. The number of furan rings is 1. The number of hydrogen-bond acceptors (Lipinski definition) is 5. The summed E-state index contributed by atoms with van der Waals surface area (Å²) in [4.78, 5) is 12.0. The maximum Gasteiger partial charge on any atom is 0.258 e. The van der Waals surface area contributed by atoms with Crippen molar-refractivity contribution in [3.05, 3.63) is 48.4 Å². The molecule has 7 nitrogen and oxygen atoms in total. The van der Waals surface area contributed by atoms with E-state index in [1.54, 1.807) is 24.3 Å². The van der Waals surface area contributed by atoms with E-state index in [-0.39, 0.29) is 17.4 Å². The van der Waals surface area contributed by atoms with E-state index in [4.69, 9.17) is 9.15 Å². The number of amides is 1. The minimum atomic E-state index is -3.48. The second-order valence-corrected chi connectivity index (χ2v) is 8.64. The molecule has 146 valence electrons. The third-order valence-electron chi connectivity index (χ3n) is 4.61. The van der Waals surface area contributed by atoms with E-state index in [2.05, 4.69) is 12.2 Å². The second kappa shape index (κ2) is 8.58. The topological polar surface area (TPSA) is 88.8 Å². The molecule has 1 N–H and O–H groups in total. The number of nitrogens with one attached hydrogen (secondary N) is 1. The van der Waals surface area contributed by atoms with Crippen LogP contribution in [-0.2, 0) is 21.4 Å². The van der Waals surface area contributed by atoms with Crippen LogP contribution in [0.5, 0.6) is 5.75 Å². The number of hydrogen-bond donors (Lipinski definition) is 1. The lowest BCUT2D eigenvalue weighted by molar-refractivity contribution is -0.123. The lowest BCUT2D eigenvalue weighted by Crippen LogP contribution is -2.37. The van der Waals surface area contributed by atoms with Crippen molar-refractivity contribution >= 4 is 15.9 Å². The first-order valence-corrected chi connectivity index (χ1v) is 10.4. The Labute approximate surface area is 159 Å². The molecule has 1 aromatic carbocycles. The van der Waals surface area contributed by atoms with E-state index in [1.807, 2.05) is 0 Å². The summed E-state index contributed by atoms with van der Waals surface area (Å²) >= 11 is 0. The van der Waals surface area contributed by atoms with Gasteiger partial charge in [0.1, 0.15) is 11.5 Å². The summed E-state index contributed by atoms with van der Waals surface area (Å²) in [5.74, 6) is 1.37. The van der Waals surface area contributed by atoms with E-state index >= 15 is 0 Å². The minimum Gasteiger partial charge on any atom is -0.484 e. The molecule has 1 fully saturated rings. The van der Waals surface area contributed by atoms with Gasteiger partial charge in [-0.25, -0.2) is 8.42 Å². The number of carbonyl (C=O) groups excluding carboxylic acids is 1. The molecule has 0 bridgehead atoms. The summed E-state index contributed by atoms with van der Waals surface area (Å²) in [7, 11) is -3.48. The van der Waals surface area contributed by atoms with Gasteiger partial charge in [-0.3, -0.25) is 4.79 Å². The van der Waals surface area contributed by atoms with Crippen LogP contribution in [0.15, 0.2) is 52.0 Å². The molecular formula is C19H24N2O5S. The van der Waals surface area contributed by atoms with Crippen molar-refractivity contribution in [1.29, 1.82) is 0 Å². The van der Waals surface area contributed by atoms with E-state index in [9.17, 15) is 13.2 Å². The number of rotatable bonds is 7. The quantitative estimate of drug-likeness (QED) is 0.782. The van der Waals surface area contributed by atoms with E-state index < -0.39 is 10.0 Å². The van der Waals surface area contributed by atoms with Gasteiger partial charge in [0, 0.05) is 13.1 Å². The molecule has 1 aliphatic rings. The molecule has 8 heteroatoms. The van der Waals surface area contributed by atoms with Crippen molar-refractivity contribution in [2.45, 2.75) is 31.2 Å². The average Bonchev–Trinajstić information content (AvgIpc) is 3.19. The smallest absolute Gasteiger partial charge is 0.258 e. The first-order chi connectivity index (χ1) is 12.9. The number of nitrogens with zero attached hydrogens (tertiary/aromatic N) is 1. The van der Waals surface area contributed by atoms with Gasteiger partial charge in [0.25, 0.3) is 5.91 Å². The van der Waals surface area contributed by atoms with Crippen LogP contribution in [0.25, 0.3) is 0 Å². The van der Waals surface area contributed by atoms with Crippen LogP contribution in [0.3, 0.4) is 0 Å². The molecular weight excluding hydrogens is 368 g/mol. The van der Waals surface area contributed by atoms with Crippen LogP contribution in [-0.4, -0.2) is 38.3 Å². The number of carbonyl (C=O) groups is 1. The lowest BCUT2D eigenvalue weighted by atomic mass is 10.0. The van der Waals surface area contributed by atoms with Gasteiger partial charge in [-0.1, -0.05) is 6.92 Å². The van der Waals surface area contributed by atoms with Gasteiger partial charge in [0.05, 0.1) is 17.7 Å². The van der Waals surface area contributed by atoms with Crippen LogP contribution >= 0.6 is 0 Å². The summed E-state index contributed by atoms with van der Waals surface area (Å²) in [5.41, 5.74) is 0. The first kappa shape index (κ1) is 19.4. The van der Waals surface area contributed by atoms with Crippen molar-refractivity contribution in [2.75, 3.05) is 19.7 Å². The van der Waals surface area contributed by atoms with Gasteiger partial charge in [-0.05, 0) is 55.2 Å². The third-order valence-corrected chi connectivity index (χ3v) is 6.53. The van der Waals surface area contributed by atoms with Gasteiger partial charge in [-0.2, -0.15) is 4.31 Å². The van der Waals surface area contributed by atoms with Gasteiger partial charge < -0.3 is 14.5 Å². The summed E-state index contributed by atoms with van der Waals surface area (Å²) < 4.78 is 37.4. The molecule has 1 amide bonds. The number of benzene rings is 1. The Morgan fingerprint density at radius 1 is 1.22 bits per heavy atom. The molecule has 2 heterocycles. The Bertz CT molecular complexity index is 839. The summed E-state index contributed by atoms with van der Waals surface area (Å²) in [6, 6.07) is 9.69. The van der Waals surface area contributed by atoms with Crippen LogP contribution in [0.4, 0.5) is 0 Å². The molecule has 0 saturated carbocycles. The standard InChI is InChI=1S/C19H24N2O5S/c1-15-8-10-21(11-9-15)27(23,24)18-6-4-16(5-7-18)26-14-19(22)20-13-17-3-2-12-25-17/h2-7,12,15H,8-11,13-14H2,1H3,(H,20,22). The van der Waals surface area contributed by atoms with Crippen molar-refractivity contribution < 1.29 is 22.4 Å². The fraction of sp³-hybridized carbons (Fsp3) is 0.421. The summed E-state index contributed by atoms with van der Waals surface area (Å²) in [6.07, 6.45) is 3.30. The molecule has 0 aliphatic carbocycles. The first-order valence-electron chi connectivity index (χ1n) is 8.97. The van der Waals surface area contributed by atoms with Crippen LogP contribution in [0.2, 0.25) is 0 Å². The zero-order chi connectivity index (χ0) is 19.3. The van der Waals surface area contributed by atoms with Crippen molar-refractivity contribution in [2.24, 2.45) is 5.92 Å². The molecule has 0 spiro atoms. The van der Waals surface area contributed by atoms with Gasteiger partial charge >= 0.3 is 0 Å². The molecule has 2 aromatic rings. The predicted octanol–water partition coefficient (Wildman–Crippen LogP) is 2.40. The normalized spacial score (nSPS) is 16.2. The highest BCUT2D eigenvalue weighted by molar-refractivity contribution is 7.89. The fourth-order valence-corrected chi connectivity index (χ4v) is 4.35. The monoisotopic (exact) mass is 392 g/mol. The summed E-state index contributed by atoms with van der Waals surface area (Å²) in [5, 5.41) is 2.68. The number of ether oxygens (including phenoxy) is 1.